The van der Waals surface area contributed by atoms with Crippen molar-refractivity contribution in [3.8, 4) is 5.75 Å². The van der Waals surface area contributed by atoms with Crippen molar-refractivity contribution in [3.05, 3.63) is 54.0 Å². The van der Waals surface area contributed by atoms with Crippen LogP contribution in [-0.2, 0) is 13.0 Å². The zero-order valence-corrected chi connectivity index (χ0v) is 11.2. The van der Waals surface area contributed by atoms with E-state index in [1.807, 2.05) is 24.3 Å². The number of furan rings is 1. The Morgan fingerprint density at radius 3 is 2.56 bits per heavy atom. The summed E-state index contributed by atoms with van der Waals surface area (Å²) >= 11 is 0. The summed E-state index contributed by atoms with van der Waals surface area (Å²) in [5, 5.41) is 3.34. The first-order valence-electron chi connectivity index (χ1n) is 5.74. The lowest BCUT2D eigenvalue weighted by molar-refractivity contribution is 0.414. The molecule has 1 heterocycles. The van der Waals surface area contributed by atoms with E-state index in [4.69, 9.17) is 9.15 Å². The van der Waals surface area contributed by atoms with Crippen molar-refractivity contribution < 1.29 is 9.15 Å². The van der Waals surface area contributed by atoms with Gasteiger partial charge >= 0.3 is 0 Å². The average Bonchev–Trinajstić information content (AvgIpc) is 2.88. The fraction of sp³-hybridized carbons (Fsp3) is 0.286. The van der Waals surface area contributed by atoms with Gasteiger partial charge in [0.25, 0.3) is 0 Å². The van der Waals surface area contributed by atoms with Crippen LogP contribution in [0.2, 0.25) is 0 Å². The molecule has 3 nitrogen and oxygen atoms in total. The average molecular weight is 268 g/mol. The molecule has 0 saturated carbocycles. The van der Waals surface area contributed by atoms with Crippen LogP contribution in [0.15, 0.2) is 47.1 Å². The highest BCUT2D eigenvalue weighted by atomic mass is 35.5. The Labute approximate surface area is 114 Å². The molecular weight excluding hydrogens is 250 g/mol. The molecule has 98 valence electrons. The van der Waals surface area contributed by atoms with E-state index in [9.17, 15) is 0 Å². The molecule has 0 bridgehead atoms. The first-order chi connectivity index (χ1) is 8.38. The SMILES string of the molecule is COc1ccc(CCNCc2ccco2)cc1.Cl. The second-order valence-electron chi connectivity index (χ2n) is 3.85. The quantitative estimate of drug-likeness (QED) is 0.817. The van der Waals surface area contributed by atoms with Gasteiger partial charge in [-0.1, -0.05) is 12.1 Å². The first-order valence-corrected chi connectivity index (χ1v) is 5.74. The highest BCUT2D eigenvalue weighted by molar-refractivity contribution is 5.85. The lowest BCUT2D eigenvalue weighted by atomic mass is 10.1. The number of nitrogens with one attached hydrogen (secondary N) is 1. The molecular formula is C14H18ClNO2. The van der Waals surface area contributed by atoms with E-state index >= 15 is 0 Å². The monoisotopic (exact) mass is 267 g/mol. The minimum atomic E-state index is 0. The summed E-state index contributed by atoms with van der Waals surface area (Å²) in [5.74, 6) is 1.87. The molecule has 1 aromatic heterocycles. The van der Waals surface area contributed by atoms with E-state index in [1.165, 1.54) is 5.56 Å². The minimum Gasteiger partial charge on any atom is -0.497 e. The Balaban J connectivity index is 0.00000162. The van der Waals surface area contributed by atoms with Gasteiger partial charge in [0.15, 0.2) is 0 Å². The molecule has 0 spiro atoms. The summed E-state index contributed by atoms with van der Waals surface area (Å²) in [4.78, 5) is 0. The van der Waals surface area contributed by atoms with Gasteiger partial charge in [0.2, 0.25) is 0 Å². The molecule has 18 heavy (non-hydrogen) atoms. The van der Waals surface area contributed by atoms with Crippen molar-refractivity contribution in [2.75, 3.05) is 13.7 Å². The van der Waals surface area contributed by atoms with Gasteiger partial charge in [-0.2, -0.15) is 0 Å². The van der Waals surface area contributed by atoms with Gasteiger partial charge in [0, 0.05) is 0 Å². The highest BCUT2D eigenvalue weighted by Crippen LogP contribution is 2.11. The van der Waals surface area contributed by atoms with E-state index in [0.717, 1.165) is 31.0 Å². The Bertz CT molecular complexity index is 426. The van der Waals surface area contributed by atoms with E-state index in [1.54, 1.807) is 13.4 Å². The maximum atomic E-state index is 5.24. The lowest BCUT2D eigenvalue weighted by Crippen LogP contribution is -2.16. The Morgan fingerprint density at radius 2 is 1.94 bits per heavy atom. The molecule has 1 aromatic carbocycles. The van der Waals surface area contributed by atoms with Gasteiger partial charge in [-0.05, 0) is 42.8 Å². The third kappa shape index (κ3) is 4.43. The first kappa shape index (κ1) is 14.6. The van der Waals surface area contributed by atoms with Crippen molar-refractivity contribution in [2.45, 2.75) is 13.0 Å². The summed E-state index contributed by atoms with van der Waals surface area (Å²) < 4.78 is 10.4. The van der Waals surface area contributed by atoms with Gasteiger partial charge in [0.05, 0.1) is 19.9 Å². The zero-order chi connectivity index (χ0) is 11.9. The Morgan fingerprint density at radius 1 is 1.17 bits per heavy atom. The summed E-state index contributed by atoms with van der Waals surface area (Å²) in [5.41, 5.74) is 1.30. The van der Waals surface area contributed by atoms with Gasteiger partial charge in [-0.3, -0.25) is 0 Å². The van der Waals surface area contributed by atoms with Crippen molar-refractivity contribution in [1.29, 1.82) is 0 Å². The van der Waals surface area contributed by atoms with Gasteiger partial charge in [-0.15, -0.1) is 12.4 Å². The van der Waals surface area contributed by atoms with Crippen LogP contribution >= 0.6 is 12.4 Å². The number of halogens is 1. The molecule has 0 aliphatic carbocycles. The van der Waals surface area contributed by atoms with Crippen molar-refractivity contribution in [2.24, 2.45) is 0 Å². The van der Waals surface area contributed by atoms with E-state index in [0.29, 0.717) is 0 Å². The van der Waals surface area contributed by atoms with Crippen molar-refractivity contribution >= 4 is 12.4 Å². The van der Waals surface area contributed by atoms with Crippen molar-refractivity contribution in [1.82, 2.24) is 5.32 Å². The molecule has 0 fully saturated rings. The maximum absolute atomic E-state index is 5.24. The van der Waals surface area contributed by atoms with Crippen LogP contribution in [0.4, 0.5) is 0 Å². The van der Waals surface area contributed by atoms with E-state index in [-0.39, 0.29) is 12.4 Å². The van der Waals surface area contributed by atoms with E-state index < -0.39 is 0 Å². The molecule has 0 atom stereocenters. The molecule has 0 unspecified atom stereocenters. The van der Waals surface area contributed by atoms with Crippen LogP contribution in [0.1, 0.15) is 11.3 Å². The zero-order valence-electron chi connectivity index (χ0n) is 10.4. The number of methoxy groups -OCH3 is 1. The standard InChI is InChI=1S/C14H17NO2.ClH/c1-16-13-6-4-12(5-7-13)8-9-15-11-14-3-2-10-17-14;/h2-7,10,15H,8-9,11H2,1H3;1H. The second kappa shape index (κ2) is 7.80. The normalized spacial score (nSPS) is 9.83. The third-order valence-corrected chi connectivity index (χ3v) is 2.63. The van der Waals surface area contributed by atoms with Crippen LogP contribution in [0.3, 0.4) is 0 Å². The van der Waals surface area contributed by atoms with E-state index in [2.05, 4.69) is 17.4 Å². The third-order valence-electron chi connectivity index (χ3n) is 2.63. The molecule has 0 aliphatic heterocycles. The molecule has 0 saturated heterocycles. The molecule has 1 N–H and O–H groups in total. The smallest absolute Gasteiger partial charge is 0.118 e. The number of hydrogen-bond donors (Lipinski definition) is 1. The fourth-order valence-electron chi connectivity index (χ4n) is 1.65. The van der Waals surface area contributed by atoms with Gasteiger partial charge < -0.3 is 14.5 Å². The molecule has 0 aliphatic rings. The second-order valence-corrected chi connectivity index (χ2v) is 3.85. The molecule has 2 rings (SSSR count). The Kier molecular flexibility index (Phi) is 6.33. The summed E-state index contributed by atoms with van der Waals surface area (Å²) in [6.07, 6.45) is 2.70. The Hall–Kier alpha value is -1.45. The fourth-order valence-corrected chi connectivity index (χ4v) is 1.65. The van der Waals surface area contributed by atoms with Gasteiger partial charge in [0.1, 0.15) is 11.5 Å². The van der Waals surface area contributed by atoms with Crippen LogP contribution in [0, 0.1) is 0 Å². The van der Waals surface area contributed by atoms with Crippen LogP contribution in [-0.4, -0.2) is 13.7 Å². The number of rotatable bonds is 6. The number of benzene rings is 1. The van der Waals surface area contributed by atoms with Crippen LogP contribution in [0.25, 0.3) is 0 Å². The summed E-state index contributed by atoms with van der Waals surface area (Å²) in [6, 6.07) is 12.0. The molecule has 0 radical (unpaired) electrons. The van der Waals surface area contributed by atoms with Crippen LogP contribution < -0.4 is 10.1 Å². The van der Waals surface area contributed by atoms with Crippen LogP contribution in [0.5, 0.6) is 5.75 Å². The number of ether oxygens (including phenoxy) is 1. The molecule has 0 amide bonds. The largest absolute Gasteiger partial charge is 0.497 e. The maximum Gasteiger partial charge on any atom is 0.118 e. The summed E-state index contributed by atoms with van der Waals surface area (Å²) in [6.45, 7) is 1.72. The van der Waals surface area contributed by atoms with Crippen molar-refractivity contribution in [3.63, 3.8) is 0 Å². The molecule has 4 heteroatoms. The summed E-state index contributed by atoms with van der Waals surface area (Å²) in [7, 11) is 1.68. The topological polar surface area (TPSA) is 34.4 Å². The predicted molar refractivity (Wildman–Crippen MR) is 74.4 cm³/mol. The highest BCUT2D eigenvalue weighted by Gasteiger charge is 1.96. The minimum absolute atomic E-state index is 0. The lowest BCUT2D eigenvalue weighted by Gasteiger charge is -2.04. The van der Waals surface area contributed by atoms with Gasteiger partial charge in [-0.25, -0.2) is 0 Å². The molecule has 2 aromatic rings. The predicted octanol–water partition coefficient (Wildman–Crippen LogP) is 3.04. The number of hydrogen-bond acceptors (Lipinski definition) is 3.